The van der Waals surface area contributed by atoms with Crippen LogP contribution >= 0.6 is 0 Å². The number of morpholine rings is 1. The maximum Gasteiger partial charge on any atom is 0.263 e. The third-order valence-electron chi connectivity index (χ3n) is 3.57. The second-order valence-electron chi connectivity index (χ2n) is 5.11. The van der Waals surface area contributed by atoms with Crippen LogP contribution in [0.4, 0.5) is 11.4 Å². The van der Waals surface area contributed by atoms with E-state index in [4.69, 9.17) is 4.74 Å². The maximum absolute atomic E-state index is 12.5. The topological polar surface area (TPSA) is 91.5 Å². The summed E-state index contributed by atoms with van der Waals surface area (Å²) in [4.78, 5) is 15.5. The van der Waals surface area contributed by atoms with E-state index in [9.17, 15) is 13.2 Å². The normalized spacial score (nSPS) is 15.4. The largest absolute Gasteiger partial charge is 0.378 e. The number of para-hydroxylation sites is 2. The Bertz CT molecular complexity index is 821. The summed E-state index contributed by atoms with van der Waals surface area (Å²) >= 11 is 0. The van der Waals surface area contributed by atoms with Crippen LogP contribution in [-0.2, 0) is 14.8 Å². The molecule has 2 N–H and O–H groups in total. The minimum atomic E-state index is -3.77. The molecule has 1 fully saturated rings. The van der Waals surface area contributed by atoms with E-state index < -0.39 is 10.0 Å². The van der Waals surface area contributed by atoms with Crippen molar-refractivity contribution in [2.45, 2.75) is 4.90 Å². The number of aromatic nitrogens is 1. The summed E-state index contributed by atoms with van der Waals surface area (Å²) in [6.45, 7) is 2.64. The Balaban J connectivity index is 1.90. The minimum Gasteiger partial charge on any atom is -0.378 e. The first-order valence-electron chi connectivity index (χ1n) is 7.19. The number of pyridine rings is 1. The first kappa shape index (κ1) is 15.6. The van der Waals surface area contributed by atoms with E-state index in [1.807, 2.05) is 12.1 Å². The molecule has 1 aromatic carbocycles. The summed E-state index contributed by atoms with van der Waals surface area (Å²) in [6, 6.07) is 9.68. The lowest BCUT2D eigenvalue weighted by atomic mass is 10.2. The Labute approximate surface area is 134 Å². The van der Waals surface area contributed by atoms with Crippen LogP contribution in [-0.4, -0.2) is 39.7 Å². The van der Waals surface area contributed by atoms with E-state index in [1.165, 1.54) is 18.3 Å². The van der Waals surface area contributed by atoms with Crippen LogP contribution in [0.1, 0.15) is 0 Å². The van der Waals surface area contributed by atoms with Crippen molar-refractivity contribution in [3.63, 3.8) is 0 Å². The van der Waals surface area contributed by atoms with Crippen molar-refractivity contribution in [2.24, 2.45) is 0 Å². The van der Waals surface area contributed by atoms with Gasteiger partial charge in [0, 0.05) is 25.4 Å². The third kappa shape index (κ3) is 3.54. The first-order chi connectivity index (χ1) is 11.1. The summed E-state index contributed by atoms with van der Waals surface area (Å²) < 4.78 is 32.9. The highest BCUT2D eigenvalue weighted by atomic mass is 32.2. The number of benzene rings is 1. The summed E-state index contributed by atoms with van der Waals surface area (Å²) in [5, 5.41) is 0. The first-order valence-corrected chi connectivity index (χ1v) is 8.68. The predicted octanol–water partition coefficient (Wildman–Crippen LogP) is 1.01. The highest BCUT2D eigenvalue weighted by molar-refractivity contribution is 7.92. The molecule has 1 aliphatic heterocycles. The van der Waals surface area contributed by atoms with E-state index in [1.54, 1.807) is 12.1 Å². The van der Waals surface area contributed by atoms with E-state index in [2.05, 4.69) is 14.6 Å². The van der Waals surface area contributed by atoms with Crippen LogP contribution in [0.5, 0.6) is 0 Å². The smallest absolute Gasteiger partial charge is 0.263 e. The fourth-order valence-electron chi connectivity index (χ4n) is 2.41. The maximum atomic E-state index is 12.5. The zero-order valence-electron chi connectivity index (χ0n) is 12.4. The molecule has 0 spiro atoms. The molecule has 8 heteroatoms. The lowest BCUT2D eigenvalue weighted by Crippen LogP contribution is -2.36. The van der Waals surface area contributed by atoms with Gasteiger partial charge in [0.15, 0.2) is 0 Å². The summed E-state index contributed by atoms with van der Waals surface area (Å²) in [6.07, 6.45) is 1.18. The second-order valence-corrected chi connectivity index (χ2v) is 6.79. The van der Waals surface area contributed by atoms with Crippen molar-refractivity contribution in [1.82, 2.24) is 4.98 Å². The molecule has 0 atom stereocenters. The molecular weight excluding hydrogens is 318 g/mol. The van der Waals surface area contributed by atoms with Gasteiger partial charge in [-0.25, -0.2) is 8.42 Å². The molecule has 7 nitrogen and oxygen atoms in total. The van der Waals surface area contributed by atoms with Crippen molar-refractivity contribution in [2.75, 3.05) is 35.9 Å². The number of sulfonamides is 1. The van der Waals surface area contributed by atoms with Gasteiger partial charge in [-0.05, 0) is 18.2 Å². The number of nitrogens with zero attached hydrogens (tertiary/aromatic N) is 1. The highest BCUT2D eigenvalue weighted by Gasteiger charge is 2.19. The predicted molar refractivity (Wildman–Crippen MR) is 87.3 cm³/mol. The molecule has 3 rings (SSSR count). The Morgan fingerprint density at radius 2 is 1.83 bits per heavy atom. The van der Waals surface area contributed by atoms with Crippen LogP contribution < -0.4 is 15.2 Å². The number of ether oxygens (including phenoxy) is 1. The minimum absolute atomic E-state index is 0.00822. The van der Waals surface area contributed by atoms with Crippen LogP contribution in [0, 0.1) is 0 Å². The number of hydrogen-bond acceptors (Lipinski definition) is 5. The molecule has 0 amide bonds. The molecule has 1 aromatic heterocycles. The molecule has 0 unspecified atom stereocenters. The SMILES string of the molecule is O=c1ccc(S(=O)(=O)Nc2ccccc2N2CCOCC2)c[nH]1. The number of nitrogens with one attached hydrogen (secondary N) is 2. The van der Waals surface area contributed by atoms with Crippen molar-refractivity contribution in [3.05, 3.63) is 52.9 Å². The van der Waals surface area contributed by atoms with Gasteiger partial charge in [0.1, 0.15) is 4.90 Å². The molecule has 2 aromatic rings. The lowest BCUT2D eigenvalue weighted by Gasteiger charge is -2.30. The van der Waals surface area contributed by atoms with E-state index in [0.717, 1.165) is 5.69 Å². The molecule has 0 bridgehead atoms. The summed E-state index contributed by atoms with van der Waals surface area (Å²) in [7, 11) is -3.77. The van der Waals surface area contributed by atoms with E-state index in [0.29, 0.717) is 32.0 Å². The van der Waals surface area contributed by atoms with Crippen molar-refractivity contribution in [1.29, 1.82) is 0 Å². The molecule has 2 heterocycles. The molecule has 122 valence electrons. The van der Waals surface area contributed by atoms with Gasteiger partial charge in [0.05, 0.1) is 24.6 Å². The van der Waals surface area contributed by atoms with Gasteiger partial charge in [-0.3, -0.25) is 9.52 Å². The average Bonchev–Trinajstić information content (AvgIpc) is 2.56. The third-order valence-corrected chi connectivity index (χ3v) is 4.93. The number of aromatic amines is 1. The van der Waals surface area contributed by atoms with Crippen molar-refractivity contribution < 1.29 is 13.2 Å². The number of hydrogen-bond donors (Lipinski definition) is 2. The van der Waals surface area contributed by atoms with Gasteiger partial charge in [-0.2, -0.15) is 0 Å². The van der Waals surface area contributed by atoms with Gasteiger partial charge < -0.3 is 14.6 Å². The summed E-state index contributed by atoms with van der Waals surface area (Å²) in [5.41, 5.74) is 0.960. The van der Waals surface area contributed by atoms with Crippen LogP contribution in [0.15, 0.2) is 52.3 Å². The molecule has 0 aliphatic carbocycles. The Morgan fingerprint density at radius 1 is 1.09 bits per heavy atom. The van der Waals surface area contributed by atoms with E-state index in [-0.39, 0.29) is 10.5 Å². The van der Waals surface area contributed by atoms with Crippen molar-refractivity contribution in [3.8, 4) is 0 Å². The average molecular weight is 335 g/mol. The fourth-order valence-corrected chi connectivity index (χ4v) is 3.45. The zero-order chi connectivity index (χ0) is 16.3. The number of anilines is 2. The van der Waals surface area contributed by atoms with Gasteiger partial charge in [0.25, 0.3) is 10.0 Å². The monoisotopic (exact) mass is 335 g/mol. The molecule has 23 heavy (non-hydrogen) atoms. The van der Waals surface area contributed by atoms with Gasteiger partial charge in [-0.15, -0.1) is 0 Å². The van der Waals surface area contributed by atoms with E-state index >= 15 is 0 Å². The number of rotatable bonds is 4. The van der Waals surface area contributed by atoms with Crippen molar-refractivity contribution >= 4 is 21.4 Å². The molecular formula is C15H17N3O4S. The Kier molecular flexibility index (Phi) is 4.35. The highest BCUT2D eigenvalue weighted by Crippen LogP contribution is 2.28. The van der Waals surface area contributed by atoms with Crippen LogP contribution in [0.25, 0.3) is 0 Å². The zero-order valence-corrected chi connectivity index (χ0v) is 13.2. The van der Waals surface area contributed by atoms with Crippen LogP contribution in [0.2, 0.25) is 0 Å². The number of H-pyrrole nitrogens is 1. The standard InChI is InChI=1S/C15H17N3O4S/c19-15-6-5-12(11-16-15)23(20,21)17-13-3-1-2-4-14(13)18-7-9-22-10-8-18/h1-6,11,17H,7-10H2,(H,16,19). The van der Waals surface area contributed by atoms with Crippen LogP contribution in [0.3, 0.4) is 0 Å². The Morgan fingerprint density at radius 3 is 2.52 bits per heavy atom. The molecule has 0 radical (unpaired) electrons. The van der Waals surface area contributed by atoms with Gasteiger partial charge in [-0.1, -0.05) is 12.1 Å². The Hall–Kier alpha value is -2.32. The molecule has 0 saturated carbocycles. The fraction of sp³-hybridized carbons (Fsp3) is 0.267. The second kappa shape index (κ2) is 6.43. The molecule has 1 aliphatic rings. The van der Waals surface area contributed by atoms with Gasteiger partial charge in [0.2, 0.25) is 5.56 Å². The van der Waals surface area contributed by atoms with Gasteiger partial charge >= 0.3 is 0 Å². The lowest BCUT2D eigenvalue weighted by molar-refractivity contribution is 0.123. The molecule has 1 saturated heterocycles. The quantitative estimate of drug-likeness (QED) is 0.870. The summed E-state index contributed by atoms with van der Waals surface area (Å²) in [5.74, 6) is 0.